The number of ether oxygens (including phenoxy) is 2. The normalized spacial score (nSPS) is 19.6. The minimum Gasteiger partial charge on any atom is -0.460 e. The minimum atomic E-state index is -0.679. The molecule has 0 saturated carbocycles. The summed E-state index contributed by atoms with van der Waals surface area (Å²) in [5.74, 6) is -1.44. The van der Waals surface area contributed by atoms with Crippen LogP contribution in [0.2, 0.25) is 0 Å². The Morgan fingerprint density at radius 1 is 1.06 bits per heavy atom. The summed E-state index contributed by atoms with van der Waals surface area (Å²) in [5, 5.41) is 2.81. The number of alkyl carbamates (subject to hydrolysis) is 1. The number of nitrogens with one attached hydrogen (secondary N) is 1. The van der Waals surface area contributed by atoms with Gasteiger partial charge < -0.3 is 14.8 Å². The topological polar surface area (TPSA) is 64.6 Å². The van der Waals surface area contributed by atoms with Gasteiger partial charge in [-0.05, 0) is 69.0 Å². The lowest BCUT2D eigenvalue weighted by atomic mass is 9.92. The summed E-state index contributed by atoms with van der Waals surface area (Å²) in [4.78, 5) is 24.9. The molecule has 5 nitrogen and oxygen atoms in total. The second kappa shape index (κ2) is 9.45. The van der Waals surface area contributed by atoms with E-state index in [9.17, 15) is 18.4 Å². The minimum absolute atomic E-state index is 0.337. The Morgan fingerprint density at radius 3 is 2.16 bits per heavy atom. The van der Waals surface area contributed by atoms with E-state index in [1.54, 1.807) is 45.0 Å². The third kappa shape index (κ3) is 6.77. The molecule has 31 heavy (non-hydrogen) atoms. The average molecular weight is 431 g/mol. The molecule has 1 saturated heterocycles. The Morgan fingerprint density at radius 2 is 1.61 bits per heavy atom. The maximum atomic E-state index is 13.3. The van der Waals surface area contributed by atoms with Crippen LogP contribution >= 0.6 is 0 Å². The number of carbonyl (C=O) groups is 2. The predicted molar refractivity (Wildman–Crippen MR) is 111 cm³/mol. The number of rotatable bonds is 6. The van der Waals surface area contributed by atoms with Crippen LogP contribution in [0.1, 0.15) is 38.3 Å². The van der Waals surface area contributed by atoms with E-state index in [-0.39, 0.29) is 17.6 Å². The van der Waals surface area contributed by atoms with Crippen LogP contribution in [0.4, 0.5) is 13.6 Å². The number of carbonyl (C=O) groups excluding carboxylic acids is 2. The Balaban J connectivity index is 1.72. The zero-order valence-electron chi connectivity index (χ0n) is 17.9. The summed E-state index contributed by atoms with van der Waals surface area (Å²) in [7, 11) is 0. The van der Waals surface area contributed by atoms with E-state index in [4.69, 9.17) is 9.47 Å². The van der Waals surface area contributed by atoms with Crippen LogP contribution in [0.3, 0.4) is 0 Å². The van der Waals surface area contributed by atoms with Gasteiger partial charge in [0.1, 0.15) is 23.3 Å². The molecule has 0 radical (unpaired) electrons. The largest absolute Gasteiger partial charge is 0.460 e. The highest BCUT2D eigenvalue weighted by Crippen LogP contribution is 2.28. The van der Waals surface area contributed by atoms with Crippen LogP contribution < -0.4 is 5.32 Å². The summed E-state index contributed by atoms with van der Waals surface area (Å²) >= 11 is 0. The van der Waals surface area contributed by atoms with Crippen LogP contribution in [-0.4, -0.2) is 29.8 Å². The third-order valence-electron chi connectivity index (χ3n) is 5.03. The smallest absolute Gasteiger partial charge is 0.408 e. The Hall–Kier alpha value is -2.96. The van der Waals surface area contributed by atoms with Gasteiger partial charge in [0.2, 0.25) is 0 Å². The zero-order chi connectivity index (χ0) is 22.6. The standard InChI is InChI=1S/C24H27F2NO4/c1-24(2,3)31-23(29)27-20(13-16-6-10-19(26)11-7-16)21-14-17(22(28)30-21)12-15-4-8-18(25)9-5-15/h4-11,17,20-21H,12-14H2,1-3H3,(H,27,29)/t17-,20+,21+/m1/s1. The summed E-state index contributed by atoms with van der Waals surface area (Å²) in [6.07, 6.45) is -0.00243. The molecule has 0 spiro atoms. The van der Waals surface area contributed by atoms with Gasteiger partial charge in [0.25, 0.3) is 0 Å². The molecule has 3 atom stereocenters. The fraction of sp³-hybridized carbons (Fsp3) is 0.417. The van der Waals surface area contributed by atoms with Crippen molar-refractivity contribution in [2.45, 2.75) is 57.8 Å². The van der Waals surface area contributed by atoms with Crippen molar-refractivity contribution in [1.82, 2.24) is 5.32 Å². The van der Waals surface area contributed by atoms with E-state index >= 15 is 0 Å². The summed E-state index contributed by atoms with van der Waals surface area (Å²) in [5.41, 5.74) is 0.946. The first-order valence-electron chi connectivity index (χ1n) is 10.3. The molecule has 1 fully saturated rings. The molecule has 3 rings (SSSR count). The molecule has 2 aromatic rings. The van der Waals surface area contributed by atoms with Crippen molar-refractivity contribution < 1.29 is 27.8 Å². The molecule has 1 N–H and O–H groups in total. The molecule has 0 aromatic heterocycles. The van der Waals surface area contributed by atoms with Crippen LogP contribution in [0.5, 0.6) is 0 Å². The zero-order valence-corrected chi connectivity index (χ0v) is 17.9. The van der Waals surface area contributed by atoms with Crippen molar-refractivity contribution in [2.75, 3.05) is 0 Å². The molecule has 1 heterocycles. The van der Waals surface area contributed by atoms with E-state index in [1.165, 1.54) is 24.3 Å². The molecular formula is C24H27F2NO4. The fourth-order valence-corrected chi connectivity index (χ4v) is 3.60. The lowest BCUT2D eigenvalue weighted by molar-refractivity contribution is -0.145. The van der Waals surface area contributed by atoms with Crippen molar-refractivity contribution in [3.05, 3.63) is 71.3 Å². The van der Waals surface area contributed by atoms with Gasteiger partial charge in [0.05, 0.1) is 12.0 Å². The van der Waals surface area contributed by atoms with E-state index in [1.807, 2.05) is 0 Å². The maximum Gasteiger partial charge on any atom is 0.408 e. The highest BCUT2D eigenvalue weighted by atomic mass is 19.1. The van der Waals surface area contributed by atoms with Crippen LogP contribution in [-0.2, 0) is 27.1 Å². The number of hydrogen-bond donors (Lipinski definition) is 1. The van der Waals surface area contributed by atoms with Gasteiger partial charge in [0, 0.05) is 6.42 Å². The van der Waals surface area contributed by atoms with Gasteiger partial charge in [-0.3, -0.25) is 4.79 Å². The van der Waals surface area contributed by atoms with E-state index in [2.05, 4.69) is 5.32 Å². The molecule has 2 aromatic carbocycles. The first kappa shape index (κ1) is 22.7. The highest BCUT2D eigenvalue weighted by molar-refractivity contribution is 5.75. The number of amides is 1. The second-order valence-corrected chi connectivity index (χ2v) is 8.82. The molecule has 7 heteroatoms. The molecule has 166 valence electrons. The van der Waals surface area contributed by atoms with Crippen LogP contribution in [0, 0.1) is 17.6 Å². The van der Waals surface area contributed by atoms with Gasteiger partial charge in [-0.2, -0.15) is 0 Å². The summed E-state index contributed by atoms with van der Waals surface area (Å²) in [6.45, 7) is 5.28. The first-order chi connectivity index (χ1) is 14.6. The van der Waals surface area contributed by atoms with Gasteiger partial charge in [-0.15, -0.1) is 0 Å². The van der Waals surface area contributed by atoms with E-state index in [0.29, 0.717) is 19.3 Å². The van der Waals surface area contributed by atoms with Crippen molar-refractivity contribution in [3.63, 3.8) is 0 Å². The van der Waals surface area contributed by atoms with Crippen LogP contribution in [0.15, 0.2) is 48.5 Å². The number of halogens is 2. The van der Waals surface area contributed by atoms with Gasteiger partial charge >= 0.3 is 12.1 Å². The second-order valence-electron chi connectivity index (χ2n) is 8.82. The van der Waals surface area contributed by atoms with Crippen molar-refractivity contribution in [1.29, 1.82) is 0 Å². The lowest BCUT2D eigenvalue weighted by Crippen LogP contribution is -2.46. The molecule has 1 aliphatic rings. The summed E-state index contributed by atoms with van der Waals surface area (Å²) < 4.78 is 37.4. The molecule has 0 unspecified atom stereocenters. The quantitative estimate of drug-likeness (QED) is 0.681. The number of benzene rings is 2. The Bertz CT molecular complexity index is 907. The SMILES string of the molecule is CC(C)(C)OC(=O)N[C@@H](Cc1ccc(F)cc1)[C@@H]1C[C@@H](Cc2ccc(F)cc2)C(=O)O1. The molecule has 1 amide bonds. The monoisotopic (exact) mass is 431 g/mol. The fourth-order valence-electron chi connectivity index (χ4n) is 3.60. The van der Waals surface area contributed by atoms with Crippen molar-refractivity contribution >= 4 is 12.1 Å². The molecule has 0 aliphatic carbocycles. The average Bonchev–Trinajstić information content (AvgIpc) is 3.04. The van der Waals surface area contributed by atoms with E-state index in [0.717, 1.165) is 11.1 Å². The summed E-state index contributed by atoms with van der Waals surface area (Å²) in [6, 6.07) is 11.4. The van der Waals surface area contributed by atoms with Crippen LogP contribution in [0.25, 0.3) is 0 Å². The van der Waals surface area contributed by atoms with Gasteiger partial charge in [-0.1, -0.05) is 24.3 Å². The Labute approximate surface area is 180 Å². The first-order valence-corrected chi connectivity index (χ1v) is 10.3. The van der Waals surface area contributed by atoms with Gasteiger partial charge in [0.15, 0.2) is 0 Å². The number of esters is 1. The molecular weight excluding hydrogens is 404 g/mol. The van der Waals surface area contributed by atoms with E-state index < -0.39 is 29.8 Å². The molecule has 1 aliphatic heterocycles. The number of cyclic esters (lactones) is 1. The lowest BCUT2D eigenvalue weighted by Gasteiger charge is -2.26. The highest BCUT2D eigenvalue weighted by Gasteiger charge is 2.40. The third-order valence-corrected chi connectivity index (χ3v) is 5.03. The number of hydrogen-bond acceptors (Lipinski definition) is 4. The van der Waals surface area contributed by atoms with Crippen molar-refractivity contribution in [2.24, 2.45) is 5.92 Å². The van der Waals surface area contributed by atoms with Crippen molar-refractivity contribution in [3.8, 4) is 0 Å². The maximum absolute atomic E-state index is 13.3. The predicted octanol–water partition coefficient (Wildman–Crippen LogP) is 4.58. The molecule has 0 bridgehead atoms. The van der Waals surface area contributed by atoms with Gasteiger partial charge in [-0.25, -0.2) is 13.6 Å². The Kier molecular flexibility index (Phi) is 6.93.